The quantitative estimate of drug-likeness (QED) is 0.858. The van der Waals surface area contributed by atoms with Gasteiger partial charge in [0.15, 0.2) is 0 Å². The molecule has 0 unspecified atom stereocenters. The fourth-order valence-corrected chi connectivity index (χ4v) is 3.31. The van der Waals surface area contributed by atoms with Gasteiger partial charge in [0.25, 0.3) is 0 Å². The van der Waals surface area contributed by atoms with E-state index in [-0.39, 0.29) is 24.8 Å². The molecule has 1 aliphatic carbocycles. The van der Waals surface area contributed by atoms with Crippen molar-refractivity contribution < 1.29 is 19.5 Å². The highest BCUT2D eigenvalue weighted by atomic mass is 16.4. The normalized spacial score (nSPS) is 18.0. The summed E-state index contributed by atoms with van der Waals surface area (Å²) in [6.07, 6.45) is 2.67. The average molecular weight is 316 g/mol. The number of hydrogen-bond acceptors (Lipinski definition) is 3. The van der Waals surface area contributed by atoms with Gasteiger partial charge in [0, 0.05) is 18.7 Å². The van der Waals surface area contributed by atoms with Crippen molar-refractivity contribution in [2.45, 2.75) is 32.1 Å². The molecule has 2 N–H and O–H groups in total. The zero-order valence-electron chi connectivity index (χ0n) is 12.9. The zero-order chi connectivity index (χ0) is 16.4. The first kappa shape index (κ1) is 15.5. The van der Waals surface area contributed by atoms with Crippen molar-refractivity contribution in [1.82, 2.24) is 5.32 Å². The van der Waals surface area contributed by atoms with Crippen molar-refractivity contribution in [2.75, 3.05) is 18.0 Å². The maximum Gasteiger partial charge on any atom is 0.310 e. The van der Waals surface area contributed by atoms with Gasteiger partial charge in [-0.05, 0) is 30.9 Å². The summed E-state index contributed by atoms with van der Waals surface area (Å²) in [4.78, 5) is 37.2. The molecule has 1 saturated carbocycles. The van der Waals surface area contributed by atoms with Crippen molar-refractivity contribution in [3.05, 3.63) is 29.8 Å². The Morgan fingerprint density at radius 2 is 1.96 bits per heavy atom. The van der Waals surface area contributed by atoms with Gasteiger partial charge in [-0.15, -0.1) is 0 Å². The van der Waals surface area contributed by atoms with Gasteiger partial charge in [0.2, 0.25) is 11.8 Å². The number of hydrogen-bond donors (Lipinski definition) is 2. The van der Waals surface area contributed by atoms with E-state index in [0.29, 0.717) is 19.4 Å². The van der Waals surface area contributed by atoms with Crippen LogP contribution in [0, 0.1) is 5.41 Å². The molecule has 0 saturated heterocycles. The van der Waals surface area contributed by atoms with Crippen LogP contribution in [0.3, 0.4) is 0 Å². The number of carbonyl (C=O) groups excluding carboxylic acids is 2. The molecule has 0 spiro atoms. The number of carboxylic acid groups (broad SMARTS) is 1. The van der Waals surface area contributed by atoms with E-state index in [0.717, 1.165) is 24.1 Å². The molecule has 1 aromatic rings. The lowest BCUT2D eigenvalue weighted by Crippen LogP contribution is -2.45. The summed E-state index contributed by atoms with van der Waals surface area (Å²) >= 11 is 0. The van der Waals surface area contributed by atoms with Gasteiger partial charge in [-0.1, -0.05) is 24.6 Å². The lowest BCUT2D eigenvalue weighted by Gasteiger charge is -2.36. The van der Waals surface area contributed by atoms with Gasteiger partial charge in [-0.25, -0.2) is 0 Å². The largest absolute Gasteiger partial charge is 0.481 e. The first-order chi connectivity index (χ1) is 11.0. The molecule has 1 heterocycles. The Balaban J connectivity index is 1.54. The number of nitrogens with zero attached hydrogens (tertiary/aromatic N) is 1. The van der Waals surface area contributed by atoms with E-state index >= 15 is 0 Å². The van der Waals surface area contributed by atoms with Crippen LogP contribution in [-0.4, -0.2) is 36.0 Å². The highest BCUT2D eigenvalue weighted by Gasteiger charge is 2.45. The van der Waals surface area contributed by atoms with E-state index in [1.807, 2.05) is 24.3 Å². The number of amides is 2. The second-order valence-electron chi connectivity index (χ2n) is 6.32. The summed E-state index contributed by atoms with van der Waals surface area (Å²) in [6, 6.07) is 7.72. The van der Waals surface area contributed by atoms with E-state index in [1.165, 1.54) is 0 Å². The van der Waals surface area contributed by atoms with E-state index in [2.05, 4.69) is 5.32 Å². The fourth-order valence-electron chi connectivity index (χ4n) is 3.31. The highest BCUT2D eigenvalue weighted by Crippen LogP contribution is 2.44. The SMILES string of the molecule is O=C(CC1(C(=O)O)CCC1)NCC(=O)N1CCc2ccccc21. The molecular formula is C17H20N2O4. The monoisotopic (exact) mass is 316 g/mol. The first-order valence-corrected chi connectivity index (χ1v) is 7.90. The minimum atomic E-state index is -0.923. The van der Waals surface area contributed by atoms with Crippen LogP contribution in [0.4, 0.5) is 5.69 Å². The van der Waals surface area contributed by atoms with Crippen molar-refractivity contribution in [3.63, 3.8) is 0 Å². The summed E-state index contributed by atoms with van der Waals surface area (Å²) in [6.45, 7) is 0.524. The summed E-state index contributed by atoms with van der Waals surface area (Å²) in [7, 11) is 0. The Morgan fingerprint density at radius 1 is 1.22 bits per heavy atom. The number of benzene rings is 1. The Morgan fingerprint density at radius 3 is 2.61 bits per heavy atom. The van der Waals surface area contributed by atoms with Crippen LogP contribution in [0.2, 0.25) is 0 Å². The van der Waals surface area contributed by atoms with Crippen LogP contribution in [0.5, 0.6) is 0 Å². The number of nitrogens with one attached hydrogen (secondary N) is 1. The molecule has 0 bridgehead atoms. The topological polar surface area (TPSA) is 86.7 Å². The molecule has 1 fully saturated rings. The number of rotatable bonds is 5. The van der Waals surface area contributed by atoms with Gasteiger partial charge in [0.05, 0.1) is 12.0 Å². The second kappa shape index (κ2) is 6.02. The lowest BCUT2D eigenvalue weighted by atomic mass is 9.66. The minimum Gasteiger partial charge on any atom is -0.481 e. The predicted molar refractivity (Wildman–Crippen MR) is 84.0 cm³/mol. The van der Waals surface area contributed by atoms with Crippen LogP contribution in [0.15, 0.2) is 24.3 Å². The third kappa shape index (κ3) is 2.93. The van der Waals surface area contributed by atoms with Gasteiger partial charge in [0.1, 0.15) is 0 Å². The summed E-state index contributed by atoms with van der Waals surface area (Å²) in [5.74, 6) is -1.45. The van der Waals surface area contributed by atoms with Crippen molar-refractivity contribution >= 4 is 23.5 Å². The van der Waals surface area contributed by atoms with Crippen LogP contribution in [0.1, 0.15) is 31.2 Å². The molecule has 6 heteroatoms. The van der Waals surface area contributed by atoms with Gasteiger partial charge < -0.3 is 15.3 Å². The minimum absolute atomic E-state index is 0.0494. The molecule has 122 valence electrons. The maximum atomic E-state index is 12.3. The summed E-state index contributed by atoms with van der Waals surface area (Å²) < 4.78 is 0. The van der Waals surface area contributed by atoms with Crippen molar-refractivity contribution in [2.24, 2.45) is 5.41 Å². The van der Waals surface area contributed by atoms with E-state index in [9.17, 15) is 19.5 Å². The van der Waals surface area contributed by atoms with E-state index in [1.54, 1.807) is 4.90 Å². The molecule has 23 heavy (non-hydrogen) atoms. The molecule has 0 atom stereocenters. The van der Waals surface area contributed by atoms with Crippen molar-refractivity contribution in [3.8, 4) is 0 Å². The second-order valence-corrected chi connectivity index (χ2v) is 6.32. The molecule has 0 radical (unpaired) electrons. The first-order valence-electron chi connectivity index (χ1n) is 7.90. The van der Waals surface area contributed by atoms with Crippen LogP contribution in [-0.2, 0) is 20.8 Å². The standard InChI is InChI=1S/C17H20N2O4/c20-14(10-17(16(22)23)7-3-8-17)18-11-15(21)19-9-6-12-4-1-2-5-13(12)19/h1-2,4-5H,3,6-11H2,(H,18,20)(H,22,23). The Hall–Kier alpha value is -2.37. The molecule has 3 rings (SSSR count). The molecule has 0 aromatic heterocycles. The van der Waals surface area contributed by atoms with Crippen LogP contribution >= 0.6 is 0 Å². The predicted octanol–water partition coefficient (Wildman–Crippen LogP) is 1.34. The van der Waals surface area contributed by atoms with Gasteiger partial charge in [-0.3, -0.25) is 14.4 Å². The number of carboxylic acids is 1. The van der Waals surface area contributed by atoms with E-state index in [4.69, 9.17) is 0 Å². The summed E-state index contributed by atoms with van der Waals surface area (Å²) in [5.41, 5.74) is 1.10. The third-order valence-electron chi connectivity index (χ3n) is 4.89. The molecule has 1 aromatic carbocycles. The zero-order valence-corrected chi connectivity index (χ0v) is 12.9. The highest BCUT2D eigenvalue weighted by molar-refractivity contribution is 5.98. The van der Waals surface area contributed by atoms with Crippen LogP contribution in [0.25, 0.3) is 0 Å². The van der Waals surface area contributed by atoms with Crippen molar-refractivity contribution in [1.29, 1.82) is 0 Å². The lowest BCUT2D eigenvalue weighted by molar-refractivity contribution is -0.157. The molecule has 1 aliphatic heterocycles. The van der Waals surface area contributed by atoms with Gasteiger partial charge in [-0.2, -0.15) is 0 Å². The molecule has 2 amide bonds. The number of para-hydroxylation sites is 1. The Labute approximate surface area is 134 Å². The number of fused-ring (bicyclic) bond motifs is 1. The maximum absolute atomic E-state index is 12.3. The van der Waals surface area contributed by atoms with Gasteiger partial charge >= 0.3 is 5.97 Å². The molecule has 2 aliphatic rings. The smallest absolute Gasteiger partial charge is 0.310 e. The summed E-state index contributed by atoms with van der Waals surface area (Å²) in [5, 5.41) is 11.8. The fraction of sp³-hybridized carbons (Fsp3) is 0.471. The number of anilines is 1. The average Bonchev–Trinajstić information content (AvgIpc) is 2.92. The van der Waals surface area contributed by atoms with E-state index < -0.39 is 11.4 Å². The third-order valence-corrected chi connectivity index (χ3v) is 4.89. The molecule has 6 nitrogen and oxygen atoms in total. The Bertz CT molecular complexity index is 652. The number of carbonyl (C=O) groups is 3. The Kier molecular flexibility index (Phi) is 4.07. The molecular weight excluding hydrogens is 296 g/mol. The number of aliphatic carboxylic acids is 1. The van der Waals surface area contributed by atoms with Crippen LogP contribution < -0.4 is 10.2 Å².